The molecular formula is C27H33N3O4. The van der Waals surface area contributed by atoms with Crippen molar-refractivity contribution in [2.24, 2.45) is 0 Å². The van der Waals surface area contributed by atoms with Crippen LogP contribution in [0.4, 0.5) is 10.5 Å². The molecule has 3 rings (SSSR count). The molecule has 3 aromatic rings. The minimum atomic E-state index is -0.861. The molecule has 0 aliphatic heterocycles. The van der Waals surface area contributed by atoms with Gasteiger partial charge < -0.3 is 25.5 Å². The molecule has 1 unspecified atom stereocenters. The number of hydrogen-bond acceptors (Lipinski definition) is 4. The highest BCUT2D eigenvalue weighted by molar-refractivity contribution is 5.97. The van der Waals surface area contributed by atoms with Crippen molar-refractivity contribution >= 4 is 28.6 Å². The van der Waals surface area contributed by atoms with Crippen LogP contribution in [0.25, 0.3) is 10.9 Å². The van der Waals surface area contributed by atoms with Crippen molar-refractivity contribution in [2.45, 2.75) is 39.7 Å². The Morgan fingerprint density at radius 2 is 1.79 bits per heavy atom. The molecule has 34 heavy (non-hydrogen) atoms. The molecule has 1 aromatic heterocycles. The number of carbonyl (C=O) groups excluding carboxylic acids is 2. The molecule has 0 spiro atoms. The summed E-state index contributed by atoms with van der Waals surface area (Å²) in [6.07, 6.45) is 6.12. The van der Waals surface area contributed by atoms with E-state index in [9.17, 15) is 14.7 Å². The van der Waals surface area contributed by atoms with Gasteiger partial charge in [0.05, 0.1) is 0 Å². The summed E-state index contributed by atoms with van der Waals surface area (Å²) in [4.78, 5) is 28.4. The molecule has 0 radical (unpaired) electrons. The zero-order chi connectivity index (χ0) is 24.9. The number of ether oxygens (including phenoxy) is 1. The van der Waals surface area contributed by atoms with Gasteiger partial charge in [-0.05, 0) is 61.7 Å². The quantitative estimate of drug-likeness (QED) is 0.254. The number of allylic oxidation sites excluding steroid dienone is 2. The Kier molecular flexibility index (Phi) is 10.4. The van der Waals surface area contributed by atoms with E-state index in [-0.39, 0.29) is 18.8 Å². The summed E-state index contributed by atoms with van der Waals surface area (Å²) >= 11 is 0. The summed E-state index contributed by atoms with van der Waals surface area (Å²) < 4.78 is 5.18. The first-order chi connectivity index (χ1) is 16.4. The number of alkyl carbamates (subject to hydrolysis) is 1. The van der Waals surface area contributed by atoms with E-state index >= 15 is 0 Å². The number of fused-ring (bicyclic) bond motifs is 1. The molecule has 0 saturated heterocycles. The highest BCUT2D eigenvalue weighted by atomic mass is 16.5. The first-order valence-electron chi connectivity index (χ1n) is 11.2. The second-order valence-corrected chi connectivity index (χ2v) is 7.64. The van der Waals surface area contributed by atoms with Crippen LogP contribution in [0, 0.1) is 0 Å². The molecule has 0 fully saturated rings. The van der Waals surface area contributed by atoms with E-state index in [4.69, 9.17) is 4.74 Å². The van der Waals surface area contributed by atoms with Crippen molar-refractivity contribution in [1.82, 2.24) is 10.3 Å². The Morgan fingerprint density at radius 3 is 2.44 bits per heavy atom. The first kappa shape index (κ1) is 26.3. The van der Waals surface area contributed by atoms with E-state index in [2.05, 4.69) is 22.2 Å². The molecule has 7 nitrogen and oxygen atoms in total. The monoisotopic (exact) mass is 463 g/mol. The lowest BCUT2D eigenvalue weighted by molar-refractivity contribution is -0.118. The second kappa shape index (κ2) is 13.5. The number of nitrogens with one attached hydrogen (secondary N) is 3. The normalized spacial score (nSPS) is 11.4. The second-order valence-electron chi connectivity index (χ2n) is 7.64. The fourth-order valence-corrected chi connectivity index (χ4v) is 2.96. The van der Waals surface area contributed by atoms with Crippen LogP contribution in [0.3, 0.4) is 0 Å². The summed E-state index contributed by atoms with van der Waals surface area (Å²) in [7, 11) is 0. The van der Waals surface area contributed by atoms with Crippen LogP contribution in [-0.4, -0.2) is 34.7 Å². The number of H-pyrrole nitrogens is 1. The lowest BCUT2D eigenvalue weighted by Gasteiger charge is -2.18. The number of aromatic amines is 1. The lowest BCUT2D eigenvalue weighted by Crippen LogP contribution is -2.45. The van der Waals surface area contributed by atoms with Gasteiger partial charge in [0.2, 0.25) is 5.91 Å². The number of phenols is 1. The molecule has 7 heteroatoms. The van der Waals surface area contributed by atoms with Gasteiger partial charge in [-0.2, -0.15) is 0 Å². The molecular weight excluding hydrogens is 430 g/mol. The number of aromatic nitrogens is 1. The number of benzene rings is 2. The zero-order valence-corrected chi connectivity index (χ0v) is 19.9. The average Bonchev–Trinajstić information content (AvgIpc) is 3.26. The summed E-state index contributed by atoms with van der Waals surface area (Å²) in [5.41, 5.74) is 3.14. The number of para-hydroxylation sites is 1. The standard InChI is InChI=1S/C23H25N3O4.C4H8/c1-3-15(2)14-30-23(29)26-21(22(28)25-17-8-10-18(27)11-9-17)12-16-13-24-20-7-5-4-6-19(16)20;1-3-4-2/h4-11,13,21,24,27H,2-3,12,14H2,1H3,(H,25,28)(H,26,29);3-4H,1-2H3/b;4-3-. The SMILES string of the molecule is C/C=C\C.C=C(CC)COC(=O)NC(Cc1c[nH]c2ccccc12)C(=O)Nc1ccc(O)cc1. The Bertz CT molecular complexity index is 1110. The van der Waals surface area contributed by atoms with E-state index in [0.717, 1.165) is 22.0 Å². The maximum atomic E-state index is 12.9. The van der Waals surface area contributed by atoms with Crippen molar-refractivity contribution < 1.29 is 19.4 Å². The van der Waals surface area contributed by atoms with Gasteiger partial charge in [0.1, 0.15) is 18.4 Å². The van der Waals surface area contributed by atoms with Crippen molar-refractivity contribution in [1.29, 1.82) is 0 Å². The average molecular weight is 464 g/mol. The third-order valence-corrected chi connectivity index (χ3v) is 5.08. The maximum absolute atomic E-state index is 12.9. The predicted molar refractivity (Wildman–Crippen MR) is 137 cm³/mol. The third-order valence-electron chi connectivity index (χ3n) is 5.08. The highest BCUT2D eigenvalue weighted by Crippen LogP contribution is 2.20. The maximum Gasteiger partial charge on any atom is 0.408 e. The Balaban J connectivity index is 0.000000945. The molecule has 0 bridgehead atoms. The number of rotatable bonds is 8. The largest absolute Gasteiger partial charge is 0.508 e. The highest BCUT2D eigenvalue weighted by Gasteiger charge is 2.23. The third kappa shape index (κ3) is 8.16. The van der Waals surface area contributed by atoms with Gasteiger partial charge in [0.25, 0.3) is 0 Å². The number of hydrogen-bond donors (Lipinski definition) is 4. The number of amides is 2. The minimum absolute atomic E-state index is 0.0983. The van der Waals surface area contributed by atoms with Crippen molar-refractivity contribution in [3.05, 3.63) is 84.6 Å². The Morgan fingerprint density at radius 1 is 1.12 bits per heavy atom. The van der Waals surface area contributed by atoms with Crippen molar-refractivity contribution in [2.75, 3.05) is 11.9 Å². The summed E-state index contributed by atoms with van der Waals surface area (Å²) in [5.74, 6) is -0.293. The molecule has 1 atom stereocenters. The summed E-state index contributed by atoms with van der Waals surface area (Å²) in [5, 5.41) is 15.8. The van der Waals surface area contributed by atoms with E-state index < -0.39 is 18.0 Å². The first-order valence-corrected chi connectivity index (χ1v) is 11.2. The molecule has 2 aromatic carbocycles. The van der Waals surface area contributed by atoms with Gasteiger partial charge in [-0.25, -0.2) is 4.79 Å². The minimum Gasteiger partial charge on any atom is -0.508 e. The van der Waals surface area contributed by atoms with Crippen LogP contribution in [0.1, 0.15) is 32.8 Å². The van der Waals surface area contributed by atoms with E-state index in [1.807, 2.05) is 63.4 Å². The molecule has 2 amide bonds. The van der Waals surface area contributed by atoms with Crippen LogP contribution >= 0.6 is 0 Å². The van der Waals surface area contributed by atoms with Gasteiger partial charge in [-0.1, -0.05) is 43.9 Å². The van der Waals surface area contributed by atoms with Crippen molar-refractivity contribution in [3.63, 3.8) is 0 Å². The Hall–Kier alpha value is -4.00. The number of anilines is 1. The van der Waals surface area contributed by atoms with Gasteiger partial charge in [0, 0.05) is 29.2 Å². The molecule has 4 N–H and O–H groups in total. The molecule has 0 saturated carbocycles. The Labute approximate surface area is 200 Å². The van der Waals surface area contributed by atoms with Crippen LogP contribution in [-0.2, 0) is 16.0 Å². The molecule has 0 aliphatic rings. The topological polar surface area (TPSA) is 103 Å². The van der Waals surface area contributed by atoms with Crippen molar-refractivity contribution in [3.8, 4) is 5.75 Å². The smallest absolute Gasteiger partial charge is 0.408 e. The molecule has 1 heterocycles. The van der Waals surface area contributed by atoms with Crippen LogP contribution in [0.2, 0.25) is 0 Å². The van der Waals surface area contributed by atoms with Gasteiger partial charge >= 0.3 is 6.09 Å². The number of aromatic hydroxyl groups is 1. The fraction of sp³-hybridized carbons (Fsp3) is 0.259. The van der Waals surface area contributed by atoms with E-state index in [1.165, 1.54) is 12.1 Å². The zero-order valence-electron chi connectivity index (χ0n) is 19.9. The van der Waals surface area contributed by atoms with Crippen LogP contribution in [0.15, 0.2) is 79.0 Å². The van der Waals surface area contributed by atoms with Gasteiger partial charge in [0.15, 0.2) is 0 Å². The molecule has 180 valence electrons. The van der Waals surface area contributed by atoms with Gasteiger partial charge in [-0.15, -0.1) is 0 Å². The molecule has 0 aliphatic carbocycles. The summed E-state index contributed by atoms with van der Waals surface area (Å²) in [6, 6.07) is 13.0. The predicted octanol–water partition coefficient (Wildman–Crippen LogP) is 5.70. The number of carbonyl (C=O) groups is 2. The van der Waals surface area contributed by atoms with E-state index in [0.29, 0.717) is 12.1 Å². The number of phenolic OH excluding ortho intramolecular Hbond substituents is 1. The summed E-state index contributed by atoms with van der Waals surface area (Å²) in [6.45, 7) is 9.83. The van der Waals surface area contributed by atoms with Crippen LogP contribution < -0.4 is 10.6 Å². The lowest BCUT2D eigenvalue weighted by atomic mass is 10.0. The van der Waals surface area contributed by atoms with Gasteiger partial charge in [-0.3, -0.25) is 4.79 Å². The van der Waals surface area contributed by atoms with Crippen LogP contribution in [0.5, 0.6) is 5.75 Å². The van der Waals surface area contributed by atoms with E-state index in [1.54, 1.807) is 12.1 Å². The fourth-order valence-electron chi connectivity index (χ4n) is 2.96.